The summed E-state index contributed by atoms with van der Waals surface area (Å²) >= 11 is 0. The minimum absolute atomic E-state index is 0.0329. The van der Waals surface area contributed by atoms with Gasteiger partial charge in [-0.15, -0.1) is 0 Å². The second kappa shape index (κ2) is 9.93. The van der Waals surface area contributed by atoms with Crippen LogP contribution in [0.15, 0.2) is 91.1 Å². The van der Waals surface area contributed by atoms with Crippen LogP contribution >= 0.6 is 0 Å². The summed E-state index contributed by atoms with van der Waals surface area (Å²) in [6.45, 7) is 0.551. The van der Waals surface area contributed by atoms with E-state index in [9.17, 15) is 9.59 Å². The van der Waals surface area contributed by atoms with Crippen molar-refractivity contribution in [1.29, 1.82) is 0 Å². The van der Waals surface area contributed by atoms with Crippen LogP contribution in [0.3, 0.4) is 0 Å². The average molecular weight is 526 g/mol. The van der Waals surface area contributed by atoms with Crippen molar-refractivity contribution in [2.75, 3.05) is 11.9 Å². The van der Waals surface area contributed by atoms with Gasteiger partial charge in [-0.3, -0.25) is 19.6 Å². The number of fused-ring (bicyclic) bond motifs is 2. The molecule has 7 heteroatoms. The summed E-state index contributed by atoms with van der Waals surface area (Å²) in [6.07, 6.45) is 4.52. The van der Waals surface area contributed by atoms with Crippen molar-refractivity contribution in [3.8, 4) is 22.4 Å². The van der Waals surface area contributed by atoms with Crippen molar-refractivity contribution in [3.63, 3.8) is 0 Å². The number of amides is 2. The first-order chi connectivity index (χ1) is 19.6. The fourth-order valence-electron chi connectivity index (χ4n) is 5.21. The van der Waals surface area contributed by atoms with Gasteiger partial charge in [0, 0.05) is 47.4 Å². The Balaban J connectivity index is 1.28. The largest absolute Gasteiger partial charge is 0.354 e. The Labute approximate surface area is 231 Å². The molecule has 2 amide bonds. The first-order valence-corrected chi connectivity index (χ1v) is 13.6. The molecular weight excluding hydrogens is 498 g/mol. The lowest BCUT2D eigenvalue weighted by Gasteiger charge is -2.21. The lowest BCUT2D eigenvalue weighted by molar-refractivity contribution is 0.0939. The minimum Gasteiger partial charge on any atom is -0.354 e. The molecule has 0 unspecified atom stereocenters. The molecule has 1 aliphatic heterocycles. The van der Waals surface area contributed by atoms with Gasteiger partial charge in [0.05, 0.1) is 28.2 Å². The number of benzene rings is 3. The predicted octanol–water partition coefficient (Wildman–Crippen LogP) is 5.89. The predicted molar refractivity (Wildman–Crippen MR) is 157 cm³/mol. The Bertz CT molecular complexity index is 1790. The maximum Gasteiger partial charge on any atom is 0.255 e. The normalized spacial score (nSPS) is 14.3. The van der Waals surface area contributed by atoms with E-state index in [-0.39, 0.29) is 11.8 Å². The molecular formula is C33H27N5O2. The smallest absolute Gasteiger partial charge is 0.255 e. The van der Waals surface area contributed by atoms with Gasteiger partial charge in [-0.2, -0.15) is 0 Å². The molecule has 0 spiro atoms. The highest BCUT2D eigenvalue weighted by Gasteiger charge is 2.25. The van der Waals surface area contributed by atoms with E-state index in [0.717, 1.165) is 57.5 Å². The number of pyridine rings is 2. The standard InChI is InChI=1S/C33H27N5O2/c39-32(36-24-11-12-24)23-8-4-6-21(18-23)20-5-3-7-22(17-20)29-19-30(31-28(38-29)14-16-35-33(31)40)37-27-13-15-34-26-10-2-1-9-25(26)27/h1-10,13,15,17-19,24H,11-12,14,16H2,(H,35,40)(H,36,39)(H,34,37,38). The molecule has 3 heterocycles. The fraction of sp³-hybridized carbons (Fsp3) is 0.152. The molecule has 0 saturated heterocycles. The van der Waals surface area contributed by atoms with Crippen molar-refractivity contribution >= 4 is 34.1 Å². The molecule has 1 aliphatic carbocycles. The van der Waals surface area contributed by atoms with Gasteiger partial charge >= 0.3 is 0 Å². The molecule has 1 fully saturated rings. The Morgan fingerprint density at radius 3 is 2.52 bits per heavy atom. The Hall–Kier alpha value is -5.04. The third-order valence-corrected chi connectivity index (χ3v) is 7.42. The minimum atomic E-state index is -0.129. The summed E-state index contributed by atoms with van der Waals surface area (Å²) in [7, 11) is 0. The van der Waals surface area contributed by atoms with Gasteiger partial charge in [-0.25, -0.2) is 0 Å². The van der Waals surface area contributed by atoms with Gasteiger partial charge in [0.25, 0.3) is 11.8 Å². The van der Waals surface area contributed by atoms with Gasteiger partial charge < -0.3 is 16.0 Å². The number of para-hydroxylation sites is 1. The Kier molecular flexibility index (Phi) is 5.96. The van der Waals surface area contributed by atoms with Gasteiger partial charge in [0.1, 0.15) is 0 Å². The molecule has 7 rings (SSSR count). The molecule has 3 aromatic carbocycles. The first-order valence-electron chi connectivity index (χ1n) is 13.6. The van der Waals surface area contributed by atoms with Crippen LogP contribution < -0.4 is 16.0 Å². The van der Waals surface area contributed by atoms with Gasteiger partial charge in [-0.05, 0) is 60.4 Å². The van der Waals surface area contributed by atoms with E-state index in [4.69, 9.17) is 4.98 Å². The molecule has 2 aromatic heterocycles. The maximum atomic E-state index is 13.0. The molecule has 3 N–H and O–H groups in total. The average Bonchev–Trinajstić information content (AvgIpc) is 3.81. The van der Waals surface area contributed by atoms with E-state index in [1.165, 1.54) is 0 Å². The first kappa shape index (κ1) is 24.0. The monoisotopic (exact) mass is 525 g/mol. The summed E-state index contributed by atoms with van der Waals surface area (Å²) in [4.78, 5) is 35.0. The van der Waals surface area contributed by atoms with Crippen molar-refractivity contribution in [2.24, 2.45) is 0 Å². The molecule has 1 saturated carbocycles. The Morgan fingerprint density at radius 1 is 0.850 bits per heavy atom. The van der Waals surface area contributed by atoms with Crippen molar-refractivity contribution in [1.82, 2.24) is 20.6 Å². The van der Waals surface area contributed by atoms with Crippen LogP contribution in [0.2, 0.25) is 0 Å². The number of carbonyl (C=O) groups excluding carboxylic acids is 2. The second-order valence-electron chi connectivity index (χ2n) is 10.3. The van der Waals surface area contributed by atoms with Crippen molar-refractivity contribution in [3.05, 3.63) is 108 Å². The lowest BCUT2D eigenvalue weighted by atomic mass is 9.97. The van der Waals surface area contributed by atoms with Gasteiger partial charge in [0.2, 0.25) is 0 Å². The summed E-state index contributed by atoms with van der Waals surface area (Å²) in [5, 5.41) is 10.5. The van der Waals surface area contributed by atoms with E-state index < -0.39 is 0 Å². The third-order valence-electron chi connectivity index (χ3n) is 7.42. The van der Waals surface area contributed by atoms with Crippen molar-refractivity contribution < 1.29 is 9.59 Å². The molecule has 40 heavy (non-hydrogen) atoms. The molecule has 7 nitrogen and oxygen atoms in total. The van der Waals surface area contributed by atoms with Gasteiger partial charge in [-0.1, -0.05) is 48.5 Å². The van der Waals surface area contributed by atoms with E-state index in [1.807, 2.05) is 78.9 Å². The number of rotatable bonds is 6. The summed E-state index contributed by atoms with van der Waals surface area (Å²) in [5.74, 6) is -0.161. The zero-order chi connectivity index (χ0) is 27.1. The SMILES string of the molecule is O=C(NC1CC1)c1cccc(-c2cccc(-c3cc(Nc4ccnc5ccccc45)c4c(n3)CCNC4=O)c2)c1. The van der Waals surface area contributed by atoms with E-state index >= 15 is 0 Å². The quantitative estimate of drug-likeness (QED) is 0.257. The summed E-state index contributed by atoms with van der Waals surface area (Å²) in [5.41, 5.74) is 8.11. The number of anilines is 2. The number of nitrogens with zero attached hydrogens (tertiary/aromatic N) is 2. The molecule has 5 aromatic rings. The number of nitrogens with one attached hydrogen (secondary N) is 3. The highest BCUT2D eigenvalue weighted by molar-refractivity contribution is 6.04. The van der Waals surface area contributed by atoms with Crippen molar-refractivity contribution in [2.45, 2.75) is 25.3 Å². The Morgan fingerprint density at radius 2 is 1.65 bits per heavy atom. The highest BCUT2D eigenvalue weighted by Crippen LogP contribution is 2.34. The number of carbonyl (C=O) groups is 2. The van der Waals surface area contributed by atoms with Gasteiger partial charge in [0.15, 0.2) is 0 Å². The molecule has 0 radical (unpaired) electrons. The fourth-order valence-corrected chi connectivity index (χ4v) is 5.21. The van der Waals surface area contributed by atoms with Crippen LogP contribution in [0.25, 0.3) is 33.3 Å². The zero-order valence-electron chi connectivity index (χ0n) is 21.8. The van der Waals surface area contributed by atoms with Crippen LogP contribution in [-0.4, -0.2) is 34.4 Å². The molecule has 196 valence electrons. The van der Waals surface area contributed by atoms with Crippen LogP contribution in [-0.2, 0) is 6.42 Å². The number of hydrogen-bond acceptors (Lipinski definition) is 5. The van der Waals surface area contributed by atoms with E-state index in [0.29, 0.717) is 35.8 Å². The van der Waals surface area contributed by atoms with E-state index in [1.54, 1.807) is 6.20 Å². The van der Waals surface area contributed by atoms with Crippen LogP contribution in [0.1, 0.15) is 39.3 Å². The number of aromatic nitrogens is 2. The topological polar surface area (TPSA) is 96.0 Å². The number of hydrogen-bond donors (Lipinski definition) is 3. The summed E-state index contributed by atoms with van der Waals surface area (Å²) in [6, 6.07) is 28.0. The third kappa shape index (κ3) is 4.66. The summed E-state index contributed by atoms with van der Waals surface area (Å²) < 4.78 is 0. The second-order valence-corrected chi connectivity index (χ2v) is 10.3. The molecule has 0 bridgehead atoms. The van der Waals surface area contributed by atoms with Crippen LogP contribution in [0, 0.1) is 0 Å². The molecule has 2 aliphatic rings. The van der Waals surface area contributed by atoms with Crippen LogP contribution in [0.5, 0.6) is 0 Å². The van der Waals surface area contributed by atoms with E-state index in [2.05, 4.69) is 27.0 Å². The lowest BCUT2D eigenvalue weighted by Crippen LogP contribution is -2.33. The molecule has 0 atom stereocenters. The van der Waals surface area contributed by atoms with Crippen LogP contribution in [0.4, 0.5) is 11.4 Å². The maximum absolute atomic E-state index is 13.0. The highest BCUT2D eigenvalue weighted by atomic mass is 16.2. The zero-order valence-corrected chi connectivity index (χ0v) is 21.8.